The summed E-state index contributed by atoms with van der Waals surface area (Å²) < 4.78 is 0.399. The first-order valence-corrected chi connectivity index (χ1v) is 9.02. The molecule has 2 aromatic heterocycles. The number of hydrogen-bond acceptors (Lipinski definition) is 7. The molecule has 2 amide bonds. The molecule has 3 heterocycles. The van der Waals surface area contributed by atoms with Crippen molar-refractivity contribution in [2.45, 2.75) is 18.9 Å². The van der Waals surface area contributed by atoms with E-state index in [9.17, 15) is 9.59 Å². The van der Waals surface area contributed by atoms with E-state index in [0.29, 0.717) is 36.4 Å². The molecule has 0 aromatic carbocycles. The number of nitrogen functional groups attached to an aromatic ring is 1. The second-order valence-corrected chi connectivity index (χ2v) is 6.78. The summed E-state index contributed by atoms with van der Waals surface area (Å²) in [5, 5.41) is 14.1. The summed E-state index contributed by atoms with van der Waals surface area (Å²) in [5.74, 6) is -0.106. The normalized spacial score (nSPS) is 14.6. The van der Waals surface area contributed by atoms with E-state index < -0.39 is 12.0 Å². The molecule has 0 spiro atoms. The van der Waals surface area contributed by atoms with Crippen LogP contribution in [0.15, 0.2) is 29.1 Å². The number of pyridine rings is 1. The highest BCUT2D eigenvalue weighted by atomic mass is 79.9. The molecule has 1 aliphatic rings. The zero-order valence-electron chi connectivity index (χ0n) is 14.2. The first kappa shape index (κ1) is 18.8. The van der Waals surface area contributed by atoms with E-state index in [-0.39, 0.29) is 17.6 Å². The van der Waals surface area contributed by atoms with E-state index in [4.69, 9.17) is 10.8 Å². The highest BCUT2D eigenvalue weighted by molar-refractivity contribution is 9.10. The van der Waals surface area contributed by atoms with Crippen molar-refractivity contribution in [3.05, 3.63) is 34.8 Å². The van der Waals surface area contributed by atoms with E-state index in [1.807, 2.05) is 6.07 Å². The highest BCUT2D eigenvalue weighted by Gasteiger charge is 2.24. The molecule has 0 radical (unpaired) electrons. The zero-order chi connectivity index (χ0) is 19.4. The zero-order valence-corrected chi connectivity index (χ0v) is 15.8. The lowest BCUT2D eigenvalue weighted by Gasteiger charge is -2.34. The number of aromatic nitrogens is 3. The summed E-state index contributed by atoms with van der Waals surface area (Å²) in [6, 6.07) is 3.55. The number of carbonyl (C=O) groups is 2. The molecule has 1 fully saturated rings. The van der Waals surface area contributed by atoms with Gasteiger partial charge in [0.05, 0.1) is 11.9 Å². The van der Waals surface area contributed by atoms with Gasteiger partial charge in [-0.3, -0.25) is 4.79 Å². The molecular weight excluding hydrogens is 418 g/mol. The summed E-state index contributed by atoms with van der Waals surface area (Å²) in [4.78, 5) is 37.6. The van der Waals surface area contributed by atoms with Crippen LogP contribution in [-0.4, -0.2) is 51.2 Å². The van der Waals surface area contributed by atoms with Gasteiger partial charge in [-0.05, 0) is 40.9 Å². The van der Waals surface area contributed by atoms with Crippen molar-refractivity contribution < 1.29 is 14.7 Å². The molecule has 0 bridgehead atoms. The number of nitrogens with one attached hydrogen (secondary N) is 2. The van der Waals surface area contributed by atoms with Gasteiger partial charge in [0.2, 0.25) is 0 Å². The summed E-state index contributed by atoms with van der Waals surface area (Å²) in [6.45, 7) is 1.27. The van der Waals surface area contributed by atoms with Crippen LogP contribution in [0.5, 0.6) is 0 Å². The SMILES string of the molecule is Nc1ncc(Br)nc1C(=O)Nc1ncccc1N1CCC(NC(=O)O)CC1. The fourth-order valence-corrected chi connectivity index (χ4v) is 3.18. The third kappa shape index (κ3) is 4.61. The lowest BCUT2D eigenvalue weighted by Crippen LogP contribution is -2.44. The predicted molar refractivity (Wildman–Crippen MR) is 103 cm³/mol. The Morgan fingerprint density at radius 3 is 2.74 bits per heavy atom. The minimum absolute atomic E-state index is 0.00495. The molecule has 0 unspecified atom stereocenters. The molecule has 5 N–H and O–H groups in total. The summed E-state index contributed by atoms with van der Waals surface area (Å²) in [5.41, 5.74) is 6.49. The fourth-order valence-electron chi connectivity index (χ4n) is 2.90. The van der Waals surface area contributed by atoms with Gasteiger partial charge >= 0.3 is 6.09 Å². The van der Waals surface area contributed by atoms with Crippen LogP contribution in [0.3, 0.4) is 0 Å². The van der Waals surface area contributed by atoms with Crippen LogP contribution in [0, 0.1) is 0 Å². The van der Waals surface area contributed by atoms with Crippen LogP contribution in [0.4, 0.5) is 22.1 Å². The molecule has 2 aromatic rings. The lowest BCUT2D eigenvalue weighted by molar-refractivity contribution is 0.102. The van der Waals surface area contributed by atoms with Crippen molar-refractivity contribution >= 4 is 45.3 Å². The van der Waals surface area contributed by atoms with Gasteiger partial charge in [-0.2, -0.15) is 0 Å². The quantitative estimate of drug-likeness (QED) is 0.567. The number of rotatable bonds is 4. The van der Waals surface area contributed by atoms with Crippen LogP contribution in [0.25, 0.3) is 0 Å². The molecule has 3 rings (SSSR count). The van der Waals surface area contributed by atoms with E-state index >= 15 is 0 Å². The fraction of sp³-hybridized carbons (Fsp3) is 0.312. The van der Waals surface area contributed by atoms with Crippen molar-refractivity contribution in [1.29, 1.82) is 0 Å². The Kier molecular flexibility index (Phi) is 5.69. The van der Waals surface area contributed by atoms with E-state index in [1.54, 1.807) is 12.3 Å². The number of nitrogens with zero attached hydrogens (tertiary/aromatic N) is 4. The number of halogens is 1. The maximum absolute atomic E-state index is 12.5. The van der Waals surface area contributed by atoms with Crippen molar-refractivity contribution in [1.82, 2.24) is 20.3 Å². The molecular formula is C16H18BrN7O3. The number of carbonyl (C=O) groups excluding carboxylic acids is 1. The third-order valence-electron chi connectivity index (χ3n) is 4.17. The molecule has 1 aliphatic heterocycles. The molecule has 0 atom stereocenters. The maximum Gasteiger partial charge on any atom is 0.404 e. The van der Waals surface area contributed by atoms with Crippen LogP contribution in [0.1, 0.15) is 23.3 Å². The molecule has 142 valence electrons. The number of anilines is 3. The van der Waals surface area contributed by atoms with Gasteiger partial charge in [-0.1, -0.05) is 0 Å². The Labute approximate surface area is 163 Å². The standard InChI is InChI=1S/C16H18BrN7O3/c17-11-8-20-13(18)12(22-11)15(25)23-14-10(2-1-5-19-14)24-6-3-9(4-7-24)21-16(26)27/h1-2,5,8-9,21H,3-4,6-7H2,(H2,18,20)(H,26,27)(H,19,23,25). The summed E-state index contributed by atoms with van der Waals surface area (Å²) in [6.07, 6.45) is 3.30. The van der Waals surface area contributed by atoms with Gasteiger partial charge < -0.3 is 26.4 Å². The van der Waals surface area contributed by atoms with E-state index in [1.165, 1.54) is 6.20 Å². The molecule has 27 heavy (non-hydrogen) atoms. The Bertz CT molecular complexity index is 856. The minimum atomic E-state index is -1.02. The van der Waals surface area contributed by atoms with E-state index in [2.05, 4.69) is 46.4 Å². The van der Waals surface area contributed by atoms with Crippen LogP contribution < -0.4 is 21.3 Å². The number of nitrogens with two attached hydrogens (primary N) is 1. The maximum atomic E-state index is 12.5. The Hall–Kier alpha value is -2.95. The highest BCUT2D eigenvalue weighted by Crippen LogP contribution is 2.27. The Morgan fingerprint density at radius 1 is 1.30 bits per heavy atom. The first-order chi connectivity index (χ1) is 12.9. The second kappa shape index (κ2) is 8.16. The topological polar surface area (TPSA) is 146 Å². The Balaban J connectivity index is 1.74. The first-order valence-electron chi connectivity index (χ1n) is 8.23. The van der Waals surface area contributed by atoms with Gasteiger partial charge in [0, 0.05) is 25.3 Å². The number of carboxylic acid groups (broad SMARTS) is 1. The van der Waals surface area contributed by atoms with Crippen LogP contribution in [-0.2, 0) is 0 Å². The Morgan fingerprint density at radius 2 is 2.04 bits per heavy atom. The average molecular weight is 436 g/mol. The molecule has 0 saturated carbocycles. The van der Waals surface area contributed by atoms with Crippen LogP contribution >= 0.6 is 15.9 Å². The van der Waals surface area contributed by atoms with Crippen molar-refractivity contribution in [2.24, 2.45) is 0 Å². The van der Waals surface area contributed by atoms with Gasteiger partial charge in [0.1, 0.15) is 4.60 Å². The number of amides is 2. The van der Waals surface area contributed by atoms with Gasteiger partial charge in [-0.25, -0.2) is 19.7 Å². The van der Waals surface area contributed by atoms with Gasteiger partial charge in [-0.15, -0.1) is 0 Å². The van der Waals surface area contributed by atoms with Gasteiger partial charge in [0.15, 0.2) is 17.3 Å². The number of piperidine rings is 1. The number of hydrogen-bond donors (Lipinski definition) is 4. The molecule has 11 heteroatoms. The van der Waals surface area contributed by atoms with Gasteiger partial charge in [0.25, 0.3) is 5.91 Å². The molecule has 0 aliphatic carbocycles. The van der Waals surface area contributed by atoms with Crippen molar-refractivity contribution in [3.63, 3.8) is 0 Å². The smallest absolute Gasteiger partial charge is 0.404 e. The summed E-state index contributed by atoms with van der Waals surface area (Å²) in [7, 11) is 0. The molecule has 1 saturated heterocycles. The average Bonchev–Trinajstić information content (AvgIpc) is 2.64. The largest absolute Gasteiger partial charge is 0.465 e. The lowest BCUT2D eigenvalue weighted by atomic mass is 10.0. The second-order valence-electron chi connectivity index (χ2n) is 5.96. The van der Waals surface area contributed by atoms with Crippen LogP contribution in [0.2, 0.25) is 0 Å². The van der Waals surface area contributed by atoms with Crippen molar-refractivity contribution in [3.8, 4) is 0 Å². The third-order valence-corrected chi connectivity index (χ3v) is 4.55. The predicted octanol–water partition coefficient (Wildman–Crippen LogP) is 1.70. The minimum Gasteiger partial charge on any atom is -0.465 e. The van der Waals surface area contributed by atoms with E-state index in [0.717, 1.165) is 5.69 Å². The molecule has 10 nitrogen and oxygen atoms in total. The summed E-state index contributed by atoms with van der Waals surface area (Å²) >= 11 is 3.17. The monoisotopic (exact) mass is 435 g/mol. The van der Waals surface area contributed by atoms with Crippen molar-refractivity contribution in [2.75, 3.05) is 29.0 Å².